The van der Waals surface area contributed by atoms with Crippen LogP contribution in [0.4, 0.5) is 0 Å². The van der Waals surface area contributed by atoms with E-state index in [9.17, 15) is 4.79 Å². The molecule has 0 fully saturated rings. The molecule has 30 heavy (non-hydrogen) atoms. The molecular weight excluding hydrogens is 406 g/mol. The lowest BCUT2D eigenvalue weighted by Crippen LogP contribution is -2.16. The van der Waals surface area contributed by atoms with Crippen LogP contribution in [-0.2, 0) is 13.2 Å². The maximum Gasteiger partial charge on any atom is 0.442 e. The van der Waals surface area contributed by atoms with Crippen molar-refractivity contribution in [1.29, 1.82) is 0 Å². The first-order chi connectivity index (χ1) is 14.7. The molecule has 0 aliphatic carbocycles. The number of ether oxygens (including phenoxy) is 3. The molecule has 0 spiro atoms. The minimum Gasteiger partial charge on any atom is -0.493 e. The van der Waals surface area contributed by atoms with Crippen molar-refractivity contribution in [3.05, 3.63) is 75.2 Å². The van der Waals surface area contributed by atoms with E-state index in [0.717, 1.165) is 16.5 Å². The van der Waals surface area contributed by atoms with Crippen LogP contribution in [0.15, 0.2) is 63.2 Å². The lowest BCUT2D eigenvalue weighted by atomic mass is 10.2. The van der Waals surface area contributed by atoms with E-state index in [2.05, 4.69) is 10.1 Å². The van der Waals surface area contributed by atoms with Crippen LogP contribution < -0.4 is 20.0 Å². The molecule has 0 bridgehead atoms. The molecule has 0 saturated heterocycles. The van der Waals surface area contributed by atoms with Crippen LogP contribution in [0.1, 0.15) is 10.7 Å². The van der Waals surface area contributed by atoms with E-state index in [1.54, 1.807) is 32.4 Å². The van der Waals surface area contributed by atoms with Crippen molar-refractivity contribution in [1.82, 2.24) is 14.7 Å². The summed E-state index contributed by atoms with van der Waals surface area (Å²) in [6, 6.07) is 14.8. The number of benzene rings is 2. The Bertz CT molecular complexity index is 1180. The van der Waals surface area contributed by atoms with Crippen LogP contribution >= 0.6 is 11.3 Å². The Morgan fingerprint density at radius 2 is 1.87 bits per heavy atom. The zero-order valence-corrected chi connectivity index (χ0v) is 17.2. The van der Waals surface area contributed by atoms with Crippen LogP contribution in [0, 0.1) is 0 Å². The molecule has 0 amide bonds. The van der Waals surface area contributed by atoms with Gasteiger partial charge in [0.25, 0.3) is 0 Å². The molecule has 0 saturated carbocycles. The van der Waals surface area contributed by atoms with Crippen LogP contribution in [-0.4, -0.2) is 28.9 Å². The molecule has 8 nitrogen and oxygen atoms in total. The summed E-state index contributed by atoms with van der Waals surface area (Å²) in [6.45, 7) is 0.587. The molecule has 0 aliphatic heterocycles. The highest BCUT2D eigenvalue weighted by atomic mass is 32.1. The summed E-state index contributed by atoms with van der Waals surface area (Å²) in [4.78, 5) is 16.8. The molecule has 9 heteroatoms. The van der Waals surface area contributed by atoms with E-state index in [4.69, 9.17) is 18.7 Å². The van der Waals surface area contributed by atoms with Crippen molar-refractivity contribution >= 4 is 11.3 Å². The normalized spacial score (nSPS) is 10.7. The van der Waals surface area contributed by atoms with Gasteiger partial charge in [-0.05, 0) is 30.3 Å². The van der Waals surface area contributed by atoms with Crippen molar-refractivity contribution in [3.63, 3.8) is 0 Å². The molecule has 0 unspecified atom stereocenters. The van der Waals surface area contributed by atoms with Crippen molar-refractivity contribution < 1.29 is 18.7 Å². The fraction of sp³-hybridized carbons (Fsp3) is 0.190. The maximum atomic E-state index is 12.2. The number of methoxy groups -OCH3 is 2. The Kier molecular flexibility index (Phi) is 5.80. The number of aromatic nitrogens is 3. The van der Waals surface area contributed by atoms with Crippen LogP contribution in [0.2, 0.25) is 0 Å². The third-order valence-electron chi connectivity index (χ3n) is 4.35. The first-order valence-electron chi connectivity index (χ1n) is 9.08. The second kappa shape index (κ2) is 8.83. The number of hydrogen-bond donors (Lipinski definition) is 0. The lowest BCUT2D eigenvalue weighted by molar-refractivity contribution is 0.305. The molecule has 0 radical (unpaired) electrons. The van der Waals surface area contributed by atoms with Crippen molar-refractivity contribution in [2.45, 2.75) is 13.2 Å². The Hall–Kier alpha value is -3.59. The van der Waals surface area contributed by atoms with Crippen molar-refractivity contribution in [3.8, 4) is 28.6 Å². The van der Waals surface area contributed by atoms with Crippen molar-refractivity contribution in [2.75, 3.05) is 14.2 Å². The number of nitrogens with zero attached hydrogens (tertiary/aromatic N) is 3. The number of para-hydroxylation sites is 1. The fourth-order valence-electron chi connectivity index (χ4n) is 2.90. The smallest absolute Gasteiger partial charge is 0.442 e. The van der Waals surface area contributed by atoms with Crippen LogP contribution in [0.5, 0.6) is 17.2 Å². The van der Waals surface area contributed by atoms with Crippen LogP contribution in [0.25, 0.3) is 11.4 Å². The van der Waals surface area contributed by atoms with Gasteiger partial charge >= 0.3 is 5.76 Å². The molecule has 0 aliphatic rings. The Labute approximate surface area is 176 Å². The van der Waals surface area contributed by atoms with E-state index in [-0.39, 0.29) is 6.54 Å². The van der Waals surface area contributed by atoms with E-state index < -0.39 is 5.76 Å². The first-order valence-corrected chi connectivity index (χ1v) is 9.96. The van der Waals surface area contributed by atoms with Gasteiger partial charge in [-0.15, -0.1) is 11.3 Å². The summed E-state index contributed by atoms with van der Waals surface area (Å²) in [5.41, 5.74) is 1.39. The first kappa shape index (κ1) is 19.7. The summed E-state index contributed by atoms with van der Waals surface area (Å²) < 4.78 is 22.6. The van der Waals surface area contributed by atoms with E-state index in [1.807, 2.05) is 35.7 Å². The van der Waals surface area contributed by atoms with Gasteiger partial charge in [-0.1, -0.05) is 23.4 Å². The molecule has 0 N–H and O–H groups in total. The molecule has 2 heterocycles. The summed E-state index contributed by atoms with van der Waals surface area (Å²) in [5.74, 6) is 1.72. The summed E-state index contributed by atoms with van der Waals surface area (Å²) in [6.07, 6.45) is 0. The van der Waals surface area contributed by atoms with Crippen molar-refractivity contribution in [2.24, 2.45) is 0 Å². The lowest BCUT2D eigenvalue weighted by Gasteiger charge is -2.09. The topological polar surface area (TPSA) is 88.6 Å². The summed E-state index contributed by atoms with van der Waals surface area (Å²) in [7, 11) is 3.11. The molecule has 4 aromatic rings. The quantitative estimate of drug-likeness (QED) is 0.426. The minimum atomic E-state index is -0.560. The second-order valence-electron chi connectivity index (χ2n) is 6.26. The standard InChI is InChI=1S/C21H19N3O5S/c1-26-17-9-8-14(10-18(17)27-2)20-23-29-21(25)24(20)11-15-13-30-19(22-15)12-28-16-6-4-3-5-7-16/h3-10,13H,11-12H2,1-2H3. The van der Waals surface area contributed by atoms with Gasteiger partial charge in [0.1, 0.15) is 17.4 Å². The highest BCUT2D eigenvalue weighted by Crippen LogP contribution is 2.31. The predicted octanol–water partition coefficient (Wildman–Crippen LogP) is 3.60. The molecule has 2 aromatic heterocycles. The SMILES string of the molecule is COc1ccc(-c2noc(=O)n2Cc2csc(COc3ccccc3)n2)cc1OC. The third-order valence-corrected chi connectivity index (χ3v) is 5.22. The molecular formula is C21H19N3O5S. The van der Waals surface area contributed by atoms with Gasteiger partial charge in [0, 0.05) is 10.9 Å². The molecule has 2 aromatic carbocycles. The van der Waals surface area contributed by atoms with E-state index in [0.29, 0.717) is 29.5 Å². The van der Waals surface area contributed by atoms with E-state index in [1.165, 1.54) is 15.9 Å². The monoisotopic (exact) mass is 425 g/mol. The van der Waals surface area contributed by atoms with Gasteiger partial charge in [0.2, 0.25) is 0 Å². The van der Waals surface area contributed by atoms with Gasteiger partial charge in [-0.25, -0.2) is 9.78 Å². The Morgan fingerprint density at radius 1 is 1.07 bits per heavy atom. The minimum absolute atomic E-state index is 0.230. The molecule has 0 atom stereocenters. The number of thiazole rings is 1. The average molecular weight is 425 g/mol. The Balaban J connectivity index is 1.53. The van der Waals surface area contributed by atoms with Gasteiger partial charge in [-0.2, -0.15) is 0 Å². The molecule has 4 rings (SSSR count). The predicted molar refractivity (Wildman–Crippen MR) is 111 cm³/mol. The third kappa shape index (κ3) is 4.20. The largest absolute Gasteiger partial charge is 0.493 e. The zero-order chi connectivity index (χ0) is 20.9. The van der Waals surface area contributed by atoms with Gasteiger partial charge in [0.15, 0.2) is 17.3 Å². The Morgan fingerprint density at radius 3 is 2.63 bits per heavy atom. The van der Waals surface area contributed by atoms with E-state index >= 15 is 0 Å². The highest BCUT2D eigenvalue weighted by Gasteiger charge is 2.17. The van der Waals surface area contributed by atoms with Gasteiger partial charge < -0.3 is 14.2 Å². The fourth-order valence-corrected chi connectivity index (χ4v) is 3.60. The zero-order valence-electron chi connectivity index (χ0n) is 16.4. The summed E-state index contributed by atoms with van der Waals surface area (Å²) in [5, 5.41) is 6.63. The average Bonchev–Trinajstić information content (AvgIpc) is 3.39. The number of hydrogen-bond acceptors (Lipinski definition) is 8. The highest BCUT2D eigenvalue weighted by molar-refractivity contribution is 7.09. The van der Waals surface area contributed by atoms with Gasteiger partial charge in [-0.3, -0.25) is 9.09 Å². The molecule has 154 valence electrons. The maximum absolute atomic E-state index is 12.2. The number of rotatable bonds is 8. The summed E-state index contributed by atoms with van der Waals surface area (Å²) >= 11 is 1.47. The van der Waals surface area contributed by atoms with Crippen LogP contribution in [0.3, 0.4) is 0 Å². The second-order valence-corrected chi connectivity index (χ2v) is 7.20. The van der Waals surface area contributed by atoms with Gasteiger partial charge in [0.05, 0.1) is 26.5 Å².